The molecule has 2 N–H and O–H groups in total. The summed E-state index contributed by atoms with van der Waals surface area (Å²) in [7, 11) is 1.70. The Hall–Kier alpha value is -2.90. The lowest BCUT2D eigenvalue weighted by Crippen LogP contribution is -2.45. The maximum absolute atomic E-state index is 12.7. The number of H-pyrrole nitrogens is 1. The summed E-state index contributed by atoms with van der Waals surface area (Å²) in [5, 5.41) is 10.6. The summed E-state index contributed by atoms with van der Waals surface area (Å²) in [5.41, 5.74) is 4.29. The van der Waals surface area contributed by atoms with E-state index in [2.05, 4.69) is 27.0 Å². The number of aliphatic hydroxyl groups excluding tert-OH is 1. The van der Waals surface area contributed by atoms with Gasteiger partial charge in [0.1, 0.15) is 11.4 Å². The van der Waals surface area contributed by atoms with Crippen LogP contribution in [0.15, 0.2) is 42.6 Å². The van der Waals surface area contributed by atoms with Crippen LogP contribution in [0.5, 0.6) is 5.75 Å². The molecule has 3 aromatic rings. The highest BCUT2D eigenvalue weighted by atomic mass is 16.5. The van der Waals surface area contributed by atoms with Gasteiger partial charge in [-0.2, -0.15) is 0 Å². The van der Waals surface area contributed by atoms with Crippen molar-refractivity contribution in [2.24, 2.45) is 0 Å². The third kappa shape index (κ3) is 4.35. The summed E-state index contributed by atoms with van der Waals surface area (Å²) in [4.78, 5) is 25.0. The van der Waals surface area contributed by atoms with Crippen LogP contribution >= 0.6 is 0 Å². The fraction of sp³-hybridized carbons (Fsp3) is 0.462. The van der Waals surface area contributed by atoms with E-state index in [1.165, 1.54) is 5.69 Å². The molecule has 0 bridgehead atoms. The van der Waals surface area contributed by atoms with Crippen LogP contribution in [0.2, 0.25) is 0 Å². The lowest BCUT2D eigenvalue weighted by Gasteiger charge is -2.33. The lowest BCUT2D eigenvalue weighted by atomic mass is 9.93. The monoisotopic (exact) mass is 448 g/mol. The predicted molar refractivity (Wildman–Crippen MR) is 128 cm³/mol. The largest absolute Gasteiger partial charge is 0.496 e. The molecule has 0 spiro atoms. The Morgan fingerprint density at radius 1 is 1.15 bits per heavy atom. The van der Waals surface area contributed by atoms with E-state index in [0.717, 1.165) is 73.2 Å². The number of benzene rings is 1. The van der Waals surface area contributed by atoms with E-state index in [0.29, 0.717) is 12.5 Å². The van der Waals surface area contributed by atoms with E-state index in [4.69, 9.17) is 4.74 Å². The van der Waals surface area contributed by atoms with Crippen LogP contribution in [0.25, 0.3) is 22.2 Å². The molecule has 1 amide bonds. The Labute approximate surface area is 194 Å². The number of hydrogen-bond acceptors (Lipinski definition) is 5. The number of para-hydroxylation sites is 1. The Morgan fingerprint density at radius 2 is 1.97 bits per heavy atom. The minimum Gasteiger partial charge on any atom is -0.496 e. The maximum Gasteiger partial charge on any atom is 0.237 e. The third-order valence-corrected chi connectivity index (χ3v) is 7.24. The van der Waals surface area contributed by atoms with Crippen molar-refractivity contribution in [1.82, 2.24) is 19.8 Å². The summed E-state index contributed by atoms with van der Waals surface area (Å²) in [6.07, 6.45) is 5.76. The van der Waals surface area contributed by atoms with Crippen molar-refractivity contribution in [2.75, 3.05) is 39.9 Å². The summed E-state index contributed by atoms with van der Waals surface area (Å²) in [6.45, 7) is 3.10. The van der Waals surface area contributed by atoms with Gasteiger partial charge in [-0.1, -0.05) is 18.2 Å². The number of nitrogens with zero attached hydrogens (tertiary/aromatic N) is 3. The van der Waals surface area contributed by atoms with E-state index in [1.54, 1.807) is 7.11 Å². The van der Waals surface area contributed by atoms with E-state index in [1.807, 2.05) is 35.4 Å². The quantitative estimate of drug-likeness (QED) is 0.604. The molecule has 0 saturated carbocycles. The fourth-order valence-electron chi connectivity index (χ4n) is 5.41. The number of rotatable bonds is 6. The highest BCUT2D eigenvalue weighted by molar-refractivity contribution is 5.95. The average molecular weight is 449 g/mol. The van der Waals surface area contributed by atoms with Gasteiger partial charge in [0.25, 0.3) is 0 Å². The van der Waals surface area contributed by atoms with Crippen molar-refractivity contribution >= 4 is 16.9 Å². The van der Waals surface area contributed by atoms with Gasteiger partial charge in [-0.3, -0.25) is 9.69 Å². The Morgan fingerprint density at radius 3 is 2.76 bits per heavy atom. The van der Waals surface area contributed by atoms with Crippen LogP contribution < -0.4 is 4.74 Å². The standard InChI is InChI=1S/C26H32N4O3/c1-33-24-7-3-2-6-21(24)20-8-11-27-26-22(20)15-23(28-26)18-9-13-29(14-10-18)16-25(32)30-12-4-5-19(30)17-31/h2-3,6-8,11,15,18-19,31H,4-5,9-10,12-14,16-17H2,1H3,(H,27,28)/t19-/m0/s1. The van der Waals surface area contributed by atoms with Crippen LogP contribution in [-0.4, -0.2) is 76.7 Å². The van der Waals surface area contributed by atoms with Crippen LogP contribution in [0.3, 0.4) is 0 Å². The van der Waals surface area contributed by atoms with Gasteiger partial charge in [0.05, 0.1) is 26.3 Å². The predicted octanol–water partition coefficient (Wildman–Crippen LogP) is 3.40. The Kier molecular flexibility index (Phi) is 6.33. The van der Waals surface area contributed by atoms with Crippen molar-refractivity contribution in [3.8, 4) is 16.9 Å². The second-order valence-electron chi connectivity index (χ2n) is 9.16. The summed E-state index contributed by atoms with van der Waals surface area (Å²) in [5.74, 6) is 1.43. The van der Waals surface area contributed by atoms with Crippen LogP contribution in [-0.2, 0) is 4.79 Å². The van der Waals surface area contributed by atoms with Crippen molar-refractivity contribution in [1.29, 1.82) is 0 Å². The number of pyridine rings is 1. The summed E-state index contributed by atoms with van der Waals surface area (Å²) < 4.78 is 5.58. The van der Waals surface area contributed by atoms with E-state index in [-0.39, 0.29) is 18.6 Å². The van der Waals surface area contributed by atoms with Crippen molar-refractivity contribution in [2.45, 2.75) is 37.6 Å². The molecule has 0 radical (unpaired) electrons. The second kappa shape index (κ2) is 9.53. The first-order chi connectivity index (χ1) is 16.2. The van der Waals surface area contributed by atoms with Crippen molar-refractivity contribution in [3.63, 3.8) is 0 Å². The average Bonchev–Trinajstić information content (AvgIpc) is 3.51. The number of amides is 1. The number of fused-ring (bicyclic) bond motifs is 1. The number of hydrogen-bond donors (Lipinski definition) is 2. The first kappa shape index (κ1) is 21.9. The molecule has 0 aliphatic carbocycles. The molecule has 4 heterocycles. The molecule has 33 heavy (non-hydrogen) atoms. The fourth-order valence-corrected chi connectivity index (χ4v) is 5.41. The molecule has 2 fully saturated rings. The van der Waals surface area contributed by atoms with Gasteiger partial charge in [0.2, 0.25) is 5.91 Å². The number of aliphatic hydroxyl groups is 1. The topological polar surface area (TPSA) is 81.7 Å². The van der Waals surface area contributed by atoms with E-state index < -0.39 is 0 Å². The van der Waals surface area contributed by atoms with Gasteiger partial charge in [0.15, 0.2) is 0 Å². The zero-order valence-corrected chi connectivity index (χ0v) is 19.2. The van der Waals surface area contributed by atoms with Gasteiger partial charge < -0.3 is 19.7 Å². The number of ether oxygens (including phenoxy) is 1. The highest BCUT2D eigenvalue weighted by Gasteiger charge is 2.30. The maximum atomic E-state index is 12.7. The number of aromatic nitrogens is 2. The van der Waals surface area contributed by atoms with Crippen LogP contribution in [0, 0.1) is 0 Å². The first-order valence-electron chi connectivity index (χ1n) is 11.9. The van der Waals surface area contributed by atoms with E-state index >= 15 is 0 Å². The van der Waals surface area contributed by atoms with Crippen molar-refractivity contribution in [3.05, 3.63) is 48.3 Å². The molecule has 2 aliphatic rings. The van der Waals surface area contributed by atoms with Gasteiger partial charge in [0, 0.05) is 35.3 Å². The molecule has 5 rings (SSSR count). The number of carbonyl (C=O) groups is 1. The SMILES string of the molecule is COc1ccccc1-c1ccnc2[nH]c(C3CCN(CC(=O)N4CCC[C@H]4CO)CC3)cc12. The zero-order chi connectivity index (χ0) is 22.8. The van der Waals surface area contributed by atoms with Gasteiger partial charge in [-0.25, -0.2) is 4.98 Å². The zero-order valence-electron chi connectivity index (χ0n) is 19.2. The highest BCUT2D eigenvalue weighted by Crippen LogP contribution is 2.37. The lowest BCUT2D eigenvalue weighted by molar-refractivity contribution is -0.134. The van der Waals surface area contributed by atoms with Crippen molar-refractivity contribution < 1.29 is 14.6 Å². The van der Waals surface area contributed by atoms with Gasteiger partial charge >= 0.3 is 0 Å². The normalized spacial score (nSPS) is 19.9. The van der Waals surface area contributed by atoms with Gasteiger partial charge in [-0.05, 0) is 62.5 Å². The number of methoxy groups -OCH3 is 1. The molecule has 1 atom stereocenters. The number of likely N-dealkylation sites (tertiary alicyclic amines) is 2. The number of carbonyl (C=O) groups excluding carboxylic acids is 1. The van der Waals surface area contributed by atoms with Crippen LogP contribution in [0.1, 0.15) is 37.3 Å². The molecular formula is C26H32N4O3. The molecule has 0 unspecified atom stereocenters. The summed E-state index contributed by atoms with van der Waals surface area (Å²) in [6, 6.07) is 12.4. The molecule has 174 valence electrons. The molecular weight excluding hydrogens is 416 g/mol. The summed E-state index contributed by atoms with van der Waals surface area (Å²) >= 11 is 0. The minimum atomic E-state index is 0.00585. The molecule has 7 heteroatoms. The third-order valence-electron chi connectivity index (χ3n) is 7.24. The number of aromatic amines is 1. The first-order valence-corrected chi connectivity index (χ1v) is 11.9. The molecule has 2 saturated heterocycles. The van der Waals surface area contributed by atoms with Crippen LogP contribution in [0.4, 0.5) is 0 Å². The number of piperidine rings is 1. The molecule has 2 aliphatic heterocycles. The molecule has 1 aromatic carbocycles. The smallest absolute Gasteiger partial charge is 0.237 e. The number of nitrogens with one attached hydrogen (secondary N) is 1. The Balaban J connectivity index is 1.28. The second-order valence-corrected chi connectivity index (χ2v) is 9.16. The van der Waals surface area contributed by atoms with E-state index in [9.17, 15) is 9.90 Å². The molecule has 2 aromatic heterocycles. The minimum absolute atomic E-state index is 0.00585. The van der Waals surface area contributed by atoms with Gasteiger partial charge in [-0.15, -0.1) is 0 Å². The molecule has 7 nitrogen and oxygen atoms in total. The Bertz CT molecular complexity index is 1120.